The number of esters is 1. The predicted octanol–water partition coefficient (Wildman–Crippen LogP) is 4.31. The average molecular weight is 376 g/mol. The Balaban J connectivity index is 2.09. The highest BCUT2D eigenvalue weighted by atomic mass is 35.5. The minimum atomic E-state index is -0.498. The number of carbonyl (C=O) groups is 1. The third-order valence-electron chi connectivity index (χ3n) is 3.78. The van der Waals surface area contributed by atoms with Crippen LogP contribution in [0.2, 0.25) is 5.02 Å². The van der Waals surface area contributed by atoms with Crippen molar-refractivity contribution in [2.45, 2.75) is 20.8 Å². The summed E-state index contributed by atoms with van der Waals surface area (Å²) in [6.45, 7) is 5.46. The van der Waals surface area contributed by atoms with E-state index in [0.717, 1.165) is 0 Å². The lowest BCUT2D eigenvalue weighted by atomic mass is 10.1. The number of aromatic nitrogens is 3. The second-order valence-electron chi connectivity index (χ2n) is 5.63. The minimum absolute atomic E-state index is 0.253. The van der Waals surface area contributed by atoms with Crippen LogP contribution in [-0.2, 0) is 11.8 Å². The summed E-state index contributed by atoms with van der Waals surface area (Å²) < 4.78 is 17.9. The maximum Gasteiger partial charge on any atom is 0.344 e. The molecular formula is C18H18ClN3O4. The van der Waals surface area contributed by atoms with Gasteiger partial charge in [0.05, 0.1) is 17.9 Å². The Morgan fingerprint density at radius 3 is 2.62 bits per heavy atom. The zero-order valence-electron chi connectivity index (χ0n) is 14.9. The summed E-state index contributed by atoms with van der Waals surface area (Å²) in [6.07, 6.45) is 0. The van der Waals surface area contributed by atoms with E-state index in [2.05, 4.69) is 10.3 Å². The summed E-state index contributed by atoms with van der Waals surface area (Å²) in [5.74, 6) is 0.890. The average Bonchev–Trinajstić information content (AvgIpc) is 3.09. The first kappa shape index (κ1) is 18.0. The van der Waals surface area contributed by atoms with Gasteiger partial charge in [0.25, 0.3) is 0 Å². The molecule has 0 fully saturated rings. The monoisotopic (exact) mass is 375 g/mol. The van der Waals surface area contributed by atoms with Gasteiger partial charge in [-0.1, -0.05) is 16.8 Å². The van der Waals surface area contributed by atoms with Gasteiger partial charge in [0.15, 0.2) is 0 Å². The van der Waals surface area contributed by atoms with Gasteiger partial charge in [-0.15, -0.1) is 0 Å². The molecule has 0 aliphatic heterocycles. The van der Waals surface area contributed by atoms with Gasteiger partial charge in [0.2, 0.25) is 5.88 Å². The molecule has 7 nitrogen and oxygen atoms in total. The first-order valence-electron chi connectivity index (χ1n) is 8.03. The summed E-state index contributed by atoms with van der Waals surface area (Å²) in [4.78, 5) is 12.3. The molecule has 26 heavy (non-hydrogen) atoms. The predicted molar refractivity (Wildman–Crippen MR) is 95.7 cm³/mol. The van der Waals surface area contributed by atoms with Crippen molar-refractivity contribution in [3.63, 3.8) is 0 Å². The minimum Gasteiger partial charge on any atom is -0.462 e. The number of rotatable bonds is 5. The van der Waals surface area contributed by atoms with E-state index in [9.17, 15) is 4.79 Å². The highest BCUT2D eigenvalue weighted by molar-refractivity contribution is 6.30. The Bertz CT molecular complexity index is 944. The van der Waals surface area contributed by atoms with E-state index in [4.69, 9.17) is 25.6 Å². The third-order valence-corrected chi connectivity index (χ3v) is 4.03. The number of nitrogens with zero attached hydrogens (tertiary/aromatic N) is 3. The van der Waals surface area contributed by atoms with Crippen molar-refractivity contribution in [2.24, 2.45) is 7.05 Å². The zero-order chi connectivity index (χ0) is 18.8. The van der Waals surface area contributed by atoms with Gasteiger partial charge in [-0.25, -0.2) is 9.48 Å². The van der Waals surface area contributed by atoms with E-state index in [-0.39, 0.29) is 12.2 Å². The molecule has 1 aromatic carbocycles. The molecule has 0 unspecified atom stereocenters. The van der Waals surface area contributed by atoms with E-state index < -0.39 is 5.97 Å². The SMILES string of the molecule is CCOC(=O)c1c(-c2c(C)nn(C)c2Oc2ccc(Cl)cc2)noc1C. The molecule has 2 aromatic heterocycles. The molecule has 0 saturated carbocycles. The highest BCUT2D eigenvalue weighted by Gasteiger charge is 2.29. The van der Waals surface area contributed by atoms with Crippen molar-refractivity contribution in [3.05, 3.63) is 46.3 Å². The van der Waals surface area contributed by atoms with E-state index in [0.29, 0.717) is 39.4 Å². The lowest BCUT2D eigenvalue weighted by molar-refractivity contribution is 0.0525. The second-order valence-corrected chi connectivity index (χ2v) is 6.06. The number of hydrogen-bond acceptors (Lipinski definition) is 6. The van der Waals surface area contributed by atoms with Crippen molar-refractivity contribution < 1.29 is 18.8 Å². The van der Waals surface area contributed by atoms with Crippen LogP contribution in [0.25, 0.3) is 11.3 Å². The van der Waals surface area contributed by atoms with Crippen LogP contribution < -0.4 is 4.74 Å². The molecular weight excluding hydrogens is 358 g/mol. The number of hydrogen-bond donors (Lipinski definition) is 0. The number of benzene rings is 1. The molecule has 0 spiro atoms. The Labute approximate surface area is 155 Å². The van der Waals surface area contributed by atoms with Crippen LogP contribution in [0, 0.1) is 13.8 Å². The van der Waals surface area contributed by atoms with Crippen molar-refractivity contribution in [2.75, 3.05) is 6.61 Å². The molecule has 2 heterocycles. The molecule has 0 radical (unpaired) electrons. The van der Waals surface area contributed by atoms with Crippen LogP contribution in [0.15, 0.2) is 28.8 Å². The van der Waals surface area contributed by atoms with Crippen LogP contribution in [0.3, 0.4) is 0 Å². The van der Waals surface area contributed by atoms with Gasteiger partial charge < -0.3 is 14.0 Å². The largest absolute Gasteiger partial charge is 0.462 e. The molecule has 0 amide bonds. The van der Waals surface area contributed by atoms with Crippen LogP contribution in [0.4, 0.5) is 0 Å². The fourth-order valence-electron chi connectivity index (χ4n) is 2.63. The Kier molecular flexibility index (Phi) is 4.99. The van der Waals surface area contributed by atoms with Crippen molar-refractivity contribution in [3.8, 4) is 22.9 Å². The molecule has 136 valence electrons. The summed E-state index contributed by atoms with van der Waals surface area (Å²) >= 11 is 5.92. The van der Waals surface area contributed by atoms with Crippen LogP contribution in [0.5, 0.6) is 11.6 Å². The highest BCUT2D eigenvalue weighted by Crippen LogP contribution is 2.38. The maximum absolute atomic E-state index is 12.3. The molecule has 8 heteroatoms. The molecule has 0 atom stereocenters. The van der Waals surface area contributed by atoms with E-state index >= 15 is 0 Å². The van der Waals surface area contributed by atoms with Gasteiger partial charge in [0.1, 0.15) is 22.8 Å². The zero-order valence-corrected chi connectivity index (χ0v) is 15.6. The summed E-state index contributed by atoms with van der Waals surface area (Å²) in [5, 5.41) is 9.05. The lowest BCUT2D eigenvalue weighted by Gasteiger charge is -2.08. The van der Waals surface area contributed by atoms with Gasteiger partial charge >= 0.3 is 5.97 Å². The molecule has 3 rings (SSSR count). The Morgan fingerprint density at radius 2 is 1.96 bits per heavy atom. The first-order chi connectivity index (χ1) is 12.4. The molecule has 0 aliphatic rings. The maximum atomic E-state index is 12.3. The van der Waals surface area contributed by atoms with Crippen LogP contribution in [-0.4, -0.2) is 27.5 Å². The Morgan fingerprint density at radius 1 is 1.27 bits per heavy atom. The summed E-state index contributed by atoms with van der Waals surface area (Å²) in [7, 11) is 1.75. The second kappa shape index (κ2) is 7.21. The van der Waals surface area contributed by atoms with Crippen molar-refractivity contribution in [1.82, 2.24) is 14.9 Å². The van der Waals surface area contributed by atoms with E-state index in [1.165, 1.54) is 0 Å². The van der Waals surface area contributed by atoms with E-state index in [1.807, 2.05) is 6.92 Å². The third kappa shape index (κ3) is 3.30. The quantitative estimate of drug-likeness (QED) is 0.618. The van der Waals surface area contributed by atoms with Crippen LogP contribution in [0.1, 0.15) is 28.7 Å². The van der Waals surface area contributed by atoms with Gasteiger partial charge in [-0.05, 0) is 45.0 Å². The normalized spacial score (nSPS) is 10.8. The number of halogens is 1. The van der Waals surface area contributed by atoms with Crippen molar-refractivity contribution >= 4 is 17.6 Å². The standard InChI is InChI=1S/C18H18ClN3O4/c1-5-24-18(23)15-11(3)26-21-16(15)14-10(2)20-22(4)17(14)25-13-8-6-12(19)7-9-13/h6-9H,5H2,1-4H3. The molecule has 0 saturated heterocycles. The fraction of sp³-hybridized carbons (Fsp3) is 0.278. The number of aryl methyl sites for hydroxylation is 3. The van der Waals surface area contributed by atoms with Gasteiger partial charge in [-0.2, -0.15) is 5.10 Å². The molecule has 0 aliphatic carbocycles. The summed E-state index contributed by atoms with van der Waals surface area (Å²) in [6, 6.07) is 6.94. The van der Waals surface area contributed by atoms with Crippen molar-refractivity contribution in [1.29, 1.82) is 0 Å². The number of carbonyl (C=O) groups excluding carboxylic acids is 1. The van der Waals surface area contributed by atoms with Crippen LogP contribution >= 0.6 is 11.6 Å². The first-order valence-corrected chi connectivity index (χ1v) is 8.41. The molecule has 0 bridgehead atoms. The smallest absolute Gasteiger partial charge is 0.344 e. The topological polar surface area (TPSA) is 79.4 Å². The lowest BCUT2D eigenvalue weighted by Crippen LogP contribution is -2.07. The van der Waals surface area contributed by atoms with Gasteiger partial charge in [0, 0.05) is 12.1 Å². The number of ether oxygens (including phenoxy) is 2. The van der Waals surface area contributed by atoms with E-state index in [1.54, 1.807) is 49.8 Å². The molecule has 0 N–H and O–H groups in total. The fourth-order valence-corrected chi connectivity index (χ4v) is 2.75. The molecule has 3 aromatic rings. The van der Waals surface area contributed by atoms with Gasteiger partial charge in [-0.3, -0.25) is 0 Å². The Hall–Kier alpha value is -2.80. The summed E-state index contributed by atoms with van der Waals surface area (Å²) in [5.41, 5.74) is 1.83.